The first kappa shape index (κ1) is 9.70. The zero-order valence-electron chi connectivity index (χ0n) is 7.35. The van der Waals surface area contributed by atoms with Gasteiger partial charge in [-0.05, 0) is 19.3 Å². The molecule has 0 rings (SSSR count). The Hall–Kier alpha value is -0.300. The van der Waals surface area contributed by atoms with Crippen LogP contribution in [0.3, 0.4) is 0 Å². The second-order valence-corrected chi connectivity index (χ2v) is 3.21. The fourth-order valence-electron chi connectivity index (χ4n) is 0.906. The maximum absolute atomic E-state index is 5.87. The largest absolute Gasteiger partial charge is 0.327 e. The first-order valence-corrected chi connectivity index (χ1v) is 3.97. The molecule has 2 N–H and O–H groups in total. The first-order chi connectivity index (χ1) is 4.57. The van der Waals surface area contributed by atoms with Crippen LogP contribution in [0.5, 0.6) is 0 Å². The maximum Gasteiger partial charge on any atom is 0.0102 e. The van der Waals surface area contributed by atoms with Gasteiger partial charge in [-0.15, -0.1) is 6.58 Å². The van der Waals surface area contributed by atoms with Crippen molar-refractivity contribution in [3.63, 3.8) is 0 Å². The van der Waals surface area contributed by atoms with Crippen LogP contribution in [0, 0.1) is 5.92 Å². The zero-order valence-corrected chi connectivity index (χ0v) is 7.35. The van der Waals surface area contributed by atoms with Crippen molar-refractivity contribution in [3.05, 3.63) is 12.2 Å². The van der Waals surface area contributed by atoms with E-state index in [4.69, 9.17) is 5.73 Å². The summed E-state index contributed by atoms with van der Waals surface area (Å²) in [6.07, 6.45) is 2.13. The van der Waals surface area contributed by atoms with Gasteiger partial charge in [-0.1, -0.05) is 25.8 Å². The Kier molecular flexibility index (Phi) is 4.37. The molecule has 2 atom stereocenters. The van der Waals surface area contributed by atoms with Gasteiger partial charge in [0.05, 0.1) is 0 Å². The average Bonchev–Trinajstić information content (AvgIpc) is 1.85. The second-order valence-electron chi connectivity index (χ2n) is 3.21. The summed E-state index contributed by atoms with van der Waals surface area (Å²) >= 11 is 0. The van der Waals surface area contributed by atoms with Gasteiger partial charge in [0.25, 0.3) is 0 Å². The summed E-state index contributed by atoms with van der Waals surface area (Å²) in [7, 11) is 0. The molecular formula is C9H19N. The molecule has 0 aromatic heterocycles. The monoisotopic (exact) mass is 141 g/mol. The second kappa shape index (κ2) is 4.51. The number of rotatable bonds is 4. The van der Waals surface area contributed by atoms with Crippen molar-refractivity contribution in [1.29, 1.82) is 0 Å². The highest BCUT2D eigenvalue weighted by Crippen LogP contribution is 2.11. The third-order valence-corrected chi connectivity index (χ3v) is 1.96. The van der Waals surface area contributed by atoms with E-state index in [0.29, 0.717) is 12.0 Å². The van der Waals surface area contributed by atoms with Crippen molar-refractivity contribution >= 4 is 0 Å². The van der Waals surface area contributed by atoms with Crippen LogP contribution in [0.25, 0.3) is 0 Å². The predicted octanol–water partition coefficient (Wildman–Crippen LogP) is 2.33. The van der Waals surface area contributed by atoms with E-state index in [1.165, 1.54) is 5.57 Å². The fourth-order valence-corrected chi connectivity index (χ4v) is 0.906. The topological polar surface area (TPSA) is 26.0 Å². The van der Waals surface area contributed by atoms with Crippen molar-refractivity contribution in [2.45, 2.75) is 39.7 Å². The van der Waals surface area contributed by atoms with Gasteiger partial charge in [0.1, 0.15) is 0 Å². The van der Waals surface area contributed by atoms with Gasteiger partial charge in [0.15, 0.2) is 0 Å². The molecule has 0 saturated carbocycles. The lowest BCUT2D eigenvalue weighted by molar-refractivity contribution is 0.439. The Morgan fingerprint density at radius 2 is 2.10 bits per heavy atom. The molecule has 0 fully saturated rings. The standard InChI is InChI=1S/C9H19N/c1-5-8(4)9(10)6-7(2)3/h8-9H,2,5-6,10H2,1,3-4H3. The van der Waals surface area contributed by atoms with E-state index in [0.717, 1.165) is 12.8 Å². The van der Waals surface area contributed by atoms with Crippen molar-refractivity contribution in [2.24, 2.45) is 11.7 Å². The van der Waals surface area contributed by atoms with Gasteiger partial charge in [-0.2, -0.15) is 0 Å². The molecule has 1 nitrogen and oxygen atoms in total. The summed E-state index contributed by atoms with van der Waals surface area (Å²) in [5.74, 6) is 0.622. The smallest absolute Gasteiger partial charge is 0.0102 e. The third-order valence-electron chi connectivity index (χ3n) is 1.96. The molecule has 0 aromatic carbocycles. The van der Waals surface area contributed by atoms with Gasteiger partial charge in [-0.25, -0.2) is 0 Å². The molecule has 0 heterocycles. The fraction of sp³-hybridized carbons (Fsp3) is 0.778. The van der Waals surface area contributed by atoms with Crippen molar-refractivity contribution in [1.82, 2.24) is 0 Å². The maximum atomic E-state index is 5.87. The molecule has 0 amide bonds. The quantitative estimate of drug-likeness (QED) is 0.597. The highest BCUT2D eigenvalue weighted by Gasteiger charge is 2.09. The minimum Gasteiger partial charge on any atom is -0.327 e. The van der Waals surface area contributed by atoms with E-state index in [-0.39, 0.29) is 0 Å². The van der Waals surface area contributed by atoms with Crippen molar-refractivity contribution in [2.75, 3.05) is 0 Å². The van der Waals surface area contributed by atoms with Crippen LogP contribution in [-0.2, 0) is 0 Å². The van der Waals surface area contributed by atoms with Crippen molar-refractivity contribution < 1.29 is 0 Å². The SMILES string of the molecule is C=C(C)CC(N)C(C)CC. The van der Waals surface area contributed by atoms with Crippen LogP contribution in [0.15, 0.2) is 12.2 Å². The number of hydrogen-bond donors (Lipinski definition) is 1. The van der Waals surface area contributed by atoms with E-state index in [2.05, 4.69) is 20.4 Å². The lowest BCUT2D eigenvalue weighted by Gasteiger charge is -2.17. The van der Waals surface area contributed by atoms with E-state index in [9.17, 15) is 0 Å². The number of nitrogens with two attached hydrogens (primary N) is 1. The summed E-state index contributed by atoms with van der Waals surface area (Å²) in [6.45, 7) is 10.2. The van der Waals surface area contributed by atoms with E-state index < -0.39 is 0 Å². The lowest BCUT2D eigenvalue weighted by atomic mass is 9.95. The molecular weight excluding hydrogens is 122 g/mol. The molecule has 2 unspecified atom stereocenters. The zero-order chi connectivity index (χ0) is 8.15. The molecule has 0 aromatic rings. The van der Waals surface area contributed by atoms with Crippen LogP contribution in [0.1, 0.15) is 33.6 Å². The van der Waals surface area contributed by atoms with Gasteiger partial charge in [0, 0.05) is 6.04 Å². The summed E-state index contributed by atoms with van der Waals surface area (Å²) in [4.78, 5) is 0. The predicted molar refractivity (Wildman–Crippen MR) is 46.9 cm³/mol. The highest BCUT2D eigenvalue weighted by molar-refractivity contribution is 4.92. The van der Waals surface area contributed by atoms with Crippen LogP contribution in [0.4, 0.5) is 0 Å². The van der Waals surface area contributed by atoms with Gasteiger partial charge < -0.3 is 5.73 Å². The molecule has 0 spiro atoms. The minimum atomic E-state index is 0.308. The summed E-state index contributed by atoms with van der Waals surface area (Å²) in [5, 5.41) is 0. The molecule has 0 bridgehead atoms. The van der Waals surface area contributed by atoms with Crippen LogP contribution in [0.2, 0.25) is 0 Å². The molecule has 1 heteroatoms. The Labute approximate surface area is 64.3 Å². The van der Waals surface area contributed by atoms with Crippen LogP contribution < -0.4 is 5.73 Å². The molecule has 0 saturated heterocycles. The number of hydrogen-bond acceptors (Lipinski definition) is 1. The molecule has 10 heavy (non-hydrogen) atoms. The normalized spacial score (nSPS) is 16.4. The molecule has 0 radical (unpaired) electrons. The summed E-state index contributed by atoms with van der Waals surface area (Å²) in [5.41, 5.74) is 7.06. The van der Waals surface area contributed by atoms with E-state index >= 15 is 0 Å². The van der Waals surface area contributed by atoms with Gasteiger partial charge >= 0.3 is 0 Å². The Balaban J connectivity index is 3.61. The Bertz CT molecular complexity index is 107. The molecule has 0 aliphatic carbocycles. The van der Waals surface area contributed by atoms with Crippen molar-refractivity contribution in [3.8, 4) is 0 Å². The molecule has 0 aliphatic heterocycles. The van der Waals surface area contributed by atoms with Crippen LogP contribution >= 0.6 is 0 Å². The van der Waals surface area contributed by atoms with Gasteiger partial charge in [0.2, 0.25) is 0 Å². The van der Waals surface area contributed by atoms with Crippen LogP contribution in [-0.4, -0.2) is 6.04 Å². The highest BCUT2D eigenvalue weighted by atomic mass is 14.6. The third kappa shape index (κ3) is 3.67. The first-order valence-electron chi connectivity index (χ1n) is 3.97. The Morgan fingerprint density at radius 3 is 2.40 bits per heavy atom. The minimum absolute atomic E-state index is 0.308. The Morgan fingerprint density at radius 1 is 1.60 bits per heavy atom. The summed E-state index contributed by atoms with van der Waals surface area (Å²) < 4.78 is 0. The molecule has 60 valence electrons. The lowest BCUT2D eigenvalue weighted by Crippen LogP contribution is -2.27. The summed E-state index contributed by atoms with van der Waals surface area (Å²) in [6, 6.07) is 0.308. The van der Waals surface area contributed by atoms with E-state index in [1.807, 2.05) is 6.92 Å². The molecule has 0 aliphatic rings. The van der Waals surface area contributed by atoms with E-state index in [1.54, 1.807) is 0 Å². The van der Waals surface area contributed by atoms with Gasteiger partial charge in [-0.3, -0.25) is 0 Å². The average molecular weight is 141 g/mol.